The van der Waals surface area contributed by atoms with E-state index in [0.717, 1.165) is 12.1 Å². The number of carbonyl (C=O) groups is 1. The molecule has 0 aliphatic heterocycles. The van der Waals surface area contributed by atoms with Crippen molar-refractivity contribution in [2.24, 2.45) is 5.73 Å². The molecule has 1 aromatic carbocycles. The molecule has 1 rings (SSSR count). The van der Waals surface area contributed by atoms with Crippen LogP contribution in [0.5, 0.6) is 0 Å². The highest BCUT2D eigenvalue weighted by Gasteiger charge is 2.31. The summed E-state index contributed by atoms with van der Waals surface area (Å²) in [5.41, 5.74) is 3.82. The van der Waals surface area contributed by atoms with E-state index < -0.39 is 17.6 Å². The monoisotopic (exact) mass is 267 g/mol. The largest absolute Gasteiger partial charge is 0.416 e. The molecule has 0 fully saturated rings. The summed E-state index contributed by atoms with van der Waals surface area (Å²) in [5, 5.41) is 0. The molecule has 2 N–H and O–H groups in total. The van der Waals surface area contributed by atoms with Gasteiger partial charge in [-0.15, -0.1) is 0 Å². The predicted molar refractivity (Wildman–Crippen MR) is 47.7 cm³/mol. The Morgan fingerprint density at radius 2 is 1.93 bits per heavy atom. The van der Waals surface area contributed by atoms with Gasteiger partial charge in [-0.05, 0) is 34.1 Å². The zero-order valence-corrected chi connectivity index (χ0v) is 8.32. The van der Waals surface area contributed by atoms with E-state index >= 15 is 0 Å². The Kier molecular flexibility index (Phi) is 2.84. The van der Waals surface area contributed by atoms with Crippen LogP contribution in [0.25, 0.3) is 0 Å². The van der Waals surface area contributed by atoms with Gasteiger partial charge in [0.2, 0.25) is 5.91 Å². The molecule has 0 atom stereocenters. The Bertz CT molecular complexity index is 375. The van der Waals surface area contributed by atoms with Gasteiger partial charge >= 0.3 is 6.18 Å². The smallest absolute Gasteiger partial charge is 0.366 e. The third kappa shape index (κ3) is 2.25. The molecular weight excluding hydrogens is 263 g/mol. The number of benzene rings is 1. The molecule has 0 saturated heterocycles. The normalized spacial score (nSPS) is 11.4. The number of carbonyl (C=O) groups excluding carboxylic acids is 1. The van der Waals surface area contributed by atoms with Crippen LogP contribution < -0.4 is 5.73 Å². The predicted octanol–water partition coefficient (Wildman–Crippen LogP) is 2.57. The fourth-order valence-electron chi connectivity index (χ4n) is 0.890. The van der Waals surface area contributed by atoms with Crippen molar-refractivity contribution in [3.63, 3.8) is 0 Å². The molecule has 0 radical (unpaired) electrons. The van der Waals surface area contributed by atoms with E-state index in [1.165, 1.54) is 0 Å². The Balaban J connectivity index is 3.27. The minimum absolute atomic E-state index is 0.181. The van der Waals surface area contributed by atoms with Crippen LogP contribution in [0.3, 0.4) is 0 Å². The van der Waals surface area contributed by atoms with Gasteiger partial charge in [0.25, 0.3) is 0 Å². The summed E-state index contributed by atoms with van der Waals surface area (Å²) in [5.74, 6) is -0.900. The molecule has 0 unspecified atom stereocenters. The molecule has 1 amide bonds. The van der Waals surface area contributed by atoms with Crippen molar-refractivity contribution < 1.29 is 18.0 Å². The number of primary amides is 1. The van der Waals surface area contributed by atoms with Crippen molar-refractivity contribution >= 4 is 21.8 Å². The van der Waals surface area contributed by atoms with Gasteiger partial charge in [-0.3, -0.25) is 4.79 Å². The van der Waals surface area contributed by atoms with Crippen molar-refractivity contribution in [3.05, 3.63) is 33.8 Å². The number of rotatable bonds is 1. The van der Waals surface area contributed by atoms with E-state index in [0.29, 0.717) is 6.07 Å². The number of hydrogen-bond donors (Lipinski definition) is 1. The molecular formula is C8H5BrF3NO. The van der Waals surface area contributed by atoms with Crippen LogP contribution in [0.2, 0.25) is 0 Å². The van der Waals surface area contributed by atoms with Gasteiger partial charge in [-0.25, -0.2) is 0 Å². The van der Waals surface area contributed by atoms with Crippen LogP contribution in [-0.4, -0.2) is 5.91 Å². The first-order valence-corrected chi connectivity index (χ1v) is 4.28. The first-order valence-electron chi connectivity index (χ1n) is 3.49. The van der Waals surface area contributed by atoms with Crippen LogP contribution in [0, 0.1) is 0 Å². The molecule has 0 aliphatic carbocycles. The second-order valence-corrected chi connectivity index (χ2v) is 3.41. The summed E-state index contributed by atoms with van der Waals surface area (Å²) in [6.07, 6.45) is -4.47. The van der Waals surface area contributed by atoms with Crippen molar-refractivity contribution in [1.82, 2.24) is 0 Å². The van der Waals surface area contributed by atoms with Crippen LogP contribution in [0.4, 0.5) is 13.2 Å². The Labute approximate surface area is 86.0 Å². The third-order valence-corrected chi connectivity index (χ3v) is 2.25. The SMILES string of the molecule is NC(=O)c1cc(C(F)(F)F)ccc1Br. The fraction of sp³-hybridized carbons (Fsp3) is 0.125. The first-order chi connectivity index (χ1) is 6.32. The van der Waals surface area contributed by atoms with E-state index in [-0.39, 0.29) is 10.0 Å². The van der Waals surface area contributed by atoms with Crippen LogP contribution in [0.15, 0.2) is 22.7 Å². The van der Waals surface area contributed by atoms with Gasteiger partial charge in [-0.2, -0.15) is 13.2 Å². The summed E-state index contributed by atoms with van der Waals surface area (Å²) >= 11 is 2.93. The highest BCUT2D eigenvalue weighted by atomic mass is 79.9. The van der Waals surface area contributed by atoms with Gasteiger partial charge in [0.15, 0.2) is 0 Å². The lowest BCUT2D eigenvalue weighted by atomic mass is 10.1. The lowest BCUT2D eigenvalue weighted by Gasteiger charge is -2.08. The zero-order valence-electron chi connectivity index (χ0n) is 6.73. The van der Waals surface area contributed by atoms with Crippen LogP contribution in [-0.2, 0) is 6.18 Å². The van der Waals surface area contributed by atoms with E-state index in [1.54, 1.807) is 0 Å². The minimum Gasteiger partial charge on any atom is -0.366 e. The van der Waals surface area contributed by atoms with Crippen molar-refractivity contribution in [3.8, 4) is 0 Å². The number of hydrogen-bond acceptors (Lipinski definition) is 1. The summed E-state index contributed by atoms with van der Waals surface area (Å²) in [6.45, 7) is 0. The fourth-order valence-corrected chi connectivity index (χ4v) is 1.33. The van der Waals surface area contributed by atoms with Gasteiger partial charge in [0, 0.05) is 4.47 Å². The standard InChI is InChI=1S/C8H5BrF3NO/c9-6-2-1-4(8(10,11)12)3-5(6)7(13)14/h1-3H,(H2,13,14). The molecule has 0 bridgehead atoms. The Morgan fingerprint density at radius 1 is 1.36 bits per heavy atom. The maximum Gasteiger partial charge on any atom is 0.416 e. The molecule has 0 spiro atoms. The first kappa shape index (κ1) is 11.0. The summed E-state index contributed by atoms with van der Waals surface area (Å²) in [7, 11) is 0. The van der Waals surface area contributed by atoms with Gasteiger partial charge in [-0.1, -0.05) is 0 Å². The number of halogens is 4. The Hall–Kier alpha value is -1.04. The van der Waals surface area contributed by atoms with Crippen LogP contribution in [0.1, 0.15) is 15.9 Å². The number of alkyl halides is 3. The van der Waals surface area contributed by atoms with Crippen LogP contribution >= 0.6 is 15.9 Å². The highest BCUT2D eigenvalue weighted by Crippen LogP contribution is 2.31. The maximum absolute atomic E-state index is 12.2. The van der Waals surface area contributed by atoms with E-state index in [4.69, 9.17) is 5.73 Å². The van der Waals surface area contributed by atoms with E-state index in [1.807, 2.05) is 0 Å². The molecule has 6 heteroatoms. The molecule has 0 aromatic heterocycles. The summed E-state index contributed by atoms with van der Waals surface area (Å²) in [6, 6.07) is 2.73. The second kappa shape index (κ2) is 3.61. The second-order valence-electron chi connectivity index (χ2n) is 2.56. The van der Waals surface area contributed by atoms with Crippen molar-refractivity contribution in [2.75, 3.05) is 0 Å². The maximum atomic E-state index is 12.2. The van der Waals surface area contributed by atoms with Gasteiger partial charge < -0.3 is 5.73 Å². The lowest BCUT2D eigenvalue weighted by Crippen LogP contribution is -2.14. The third-order valence-electron chi connectivity index (χ3n) is 1.56. The molecule has 2 nitrogen and oxygen atoms in total. The molecule has 0 aliphatic rings. The summed E-state index contributed by atoms with van der Waals surface area (Å²) in [4.78, 5) is 10.7. The summed E-state index contributed by atoms with van der Waals surface area (Å²) < 4.78 is 36.8. The van der Waals surface area contributed by atoms with Crippen molar-refractivity contribution in [2.45, 2.75) is 6.18 Å². The van der Waals surface area contributed by atoms with Gasteiger partial charge in [0.05, 0.1) is 11.1 Å². The van der Waals surface area contributed by atoms with E-state index in [2.05, 4.69) is 15.9 Å². The van der Waals surface area contributed by atoms with Crippen molar-refractivity contribution in [1.29, 1.82) is 0 Å². The zero-order chi connectivity index (χ0) is 10.9. The molecule has 76 valence electrons. The number of amides is 1. The minimum atomic E-state index is -4.47. The average molecular weight is 268 g/mol. The molecule has 14 heavy (non-hydrogen) atoms. The molecule has 0 saturated carbocycles. The topological polar surface area (TPSA) is 43.1 Å². The lowest BCUT2D eigenvalue weighted by molar-refractivity contribution is -0.137. The molecule has 1 aromatic rings. The number of nitrogens with two attached hydrogens (primary N) is 1. The Morgan fingerprint density at radius 3 is 2.36 bits per heavy atom. The van der Waals surface area contributed by atoms with E-state index in [9.17, 15) is 18.0 Å². The quantitative estimate of drug-likeness (QED) is 0.835. The average Bonchev–Trinajstić information content (AvgIpc) is 2.02. The molecule has 0 heterocycles. The highest BCUT2D eigenvalue weighted by molar-refractivity contribution is 9.10. The van der Waals surface area contributed by atoms with Gasteiger partial charge in [0.1, 0.15) is 0 Å².